The average Bonchev–Trinajstić information content (AvgIpc) is 2.12. The minimum absolute atomic E-state index is 0.0833. The van der Waals surface area contributed by atoms with Crippen LogP contribution in [0.25, 0.3) is 0 Å². The highest BCUT2D eigenvalue weighted by molar-refractivity contribution is 8.14. The Hall–Kier alpha value is -0.770. The van der Waals surface area contributed by atoms with Gasteiger partial charge >= 0.3 is 0 Å². The van der Waals surface area contributed by atoms with Crippen LogP contribution in [-0.4, -0.2) is 22.3 Å². The monoisotopic (exact) mass is 144 g/mol. The predicted octanol–water partition coefficient (Wildman–Crippen LogP) is 0.271. The number of thioether (sulfide) groups is 1. The maximum absolute atomic E-state index is 10.5. The van der Waals surface area contributed by atoms with Gasteiger partial charge in [-0.3, -0.25) is 9.59 Å². The second-order valence-electron chi connectivity index (χ2n) is 1.55. The fraction of sp³-hybridized carbons (Fsp3) is 0.200. The van der Waals surface area contributed by atoms with Gasteiger partial charge in [0.25, 0.3) is 0 Å². The Labute approximate surface area is 55.7 Å². The molecule has 0 atom stereocenters. The van der Waals surface area contributed by atoms with Gasteiger partial charge in [0.05, 0.1) is 5.75 Å². The Morgan fingerprint density at radius 2 is 2.33 bits per heavy atom. The summed E-state index contributed by atoms with van der Waals surface area (Å²) < 4.78 is 0. The first kappa shape index (κ1) is 6.35. The van der Waals surface area contributed by atoms with E-state index in [9.17, 15) is 9.59 Å². The third kappa shape index (κ3) is 0.977. The molecule has 0 saturated carbocycles. The molecule has 4 heteroatoms. The van der Waals surface area contributed by atoms with Crippen LogP contribution in [0, 0.1) is 0 Å². The minimum Gasteiger partial charge on any atom is -0.511 e. The largest absolute Gasteiger partial charge is 0.511 e. The lowest BCUT2D eigenvalue weighted by Crippen LogP contribution is -1.93. The van der Waals surface area contributed by atoms with Crippen molar-refractivity contribution in [2.45, 2.75) is 0 Å². The molecule has 48 valence electrons. The lowest BCUT2D eigenvalue weighted by Gasteiger charge is -1.83. The fourth-order valence-electron chi connectivity index (χ4n) is 0.523. The summed E-state index contributed by atoms with van der Waals surface area (Å²) >= 11 is 0.944. The maximum atomic E-state index is 10.5. The molecule has 0 saturated heterocycles. The van der Waals surface area contributed by atoms with Gasteiger partial charge in [-0.1, -0.05) is 11.8 Å². The van der Waals surface area contributed by atoms with Crippen LogP contribution in [0.4, 0.5) is 0 Å². The number of hydrogen-bond donors (Lipinski definition) is 1. The molecule has 0 aromatic carbocycles. The zero-order valence-electron chi connectivity index (χ0n) is 4.46. The number of aliphatic hydroxyl groups excluding tert-OH is 1. The van der Waals surface area contributed by atoms with Gasteiger partial charge in [0.1, 0.15) is 11.3 Å². The first-order valence-electron chi connectivity index (χ1n) is 2.30. The first-order chi connectivity index (χ1) is 4.25. The van der Waals surface area contributed by atoms with Gasteiger partial charge in [-0.2, -0.15) is 0 Å². The highest BCUT2D eigenvalue weighted by atomic mass is 32.2. The molecule has 1 heterocycles. The van der Waals surface area contributed by atoms with Gasteiger partial charge in [0.15, 0.2) is 6.29 Å². The summed E-state index contributed by atoms with van der Waals surface area (Å²) in [6, 6.07) is 0. The summed E-state index contributed by atoms with van der Waals surface area (Å²) in [4.78, 5) is 20.5. The number of rotatable bonds is 1. The molecular formula is C5H4O3S. The Morgan fingerprint density at radius 1 is 1.67 bits per heavy atom. The van der Waals surface area contributed by atoms with Gasteiger partial charge in [0.2, 0.25) is 5.12 Å². The second kappa shape index (κ2) is 2.23. The number of hydrogen-bond acceptors (Lipinski definition) is 4. The summed E-state index contributed by atoms with van der Waals surface area (Å²) in [5, 5.41) is 8.44. The van der Waals surface area contributed by atoms with E-state index in [0.29, 0.717) is 6.29 Å². The molecule has 0 spiro atoms. The van der Waals surface area contributed by atoms with Crippen molar-refractivity contribution in [2.24, 2.45) is 0 Å². The summed E-state index contributed by atoms with van der Waals surface area (Å²) in [6.07, 6.45) is 0.387. The normalized spacial score (nSPS) is 18.9. The van der Waals surface area contributed by atoms with E-state index in [1.165, 1.54) is 0 Å². The number of aldehydes is 1. The van der Waals surface area contributed by atoms with Crippen molar-refractivity contribution in [3.8, 4) is 0 Å². The van der Waals surface area contributed by atoms with Crippen LogP contribution >= 0.6 is 11.8 Å². The van der Waals surface area contributed by atoms with Crippen molar-refractivity contribution in [1.29, 1.82) is 0 Å². The summed E-state index contributed by atoms with van der Waals surface area (Å²) in [6.45, 7) is 0. The van der Waals surface area contributed by atoms with Crippen LogP contribution < -0.4 is 0 Å². The molecule has 1 rings (SSSR count). The third-order valence-corrected chi connectivity index (χ3v) is 1.89. The second-order valence-corrected chi connectivity index (χ2v) is 2.50. The summed E-state index contributed by atoms with van der Waals surface area (Å²) in [5.74, 6) is 0.146. The van der Waals surface area contributed by atoms with Crippen molar-refractivity contribution in [2.75, 3.05) is 5.75 Å². The van der Waals surface area contributed by atoms with Crippen molar-refractivity contribution in [3.05, 3.63) is 11.3 Å². The lowest BCUT2D eigenvalue weighted by molar-refractivity contribution is -0.111. The highest BCUT2D eigenvalue weighted by Crippen LogP contribution is 2.22. The standard InChI is InChI=1S/C5H4O3S/c6-1-3-4(7)2-9-5(3)8/h1,7H,2H2. The molecular weight excluding hydrogens is 140 g/mol. The molecule has 1 N–H and O–H groups in total. The van der Waals surface area contributed by atoms with Crippen molar-refractivity contribution in [1.82, 2.24) is 0 Å². The van der Waals surface area contributed by atoms with Crippen molar-refractivity contribution < 1.29 is 14.7 Å². The molecule has 0 aromatic rings. The average molecular weight is 144 g/mol. The van der Waals surface area contributed by atoms with E-state index in [1.807, 2.05) is 0 Å². The van der Waals surface area contributed by atoms with Crippen LogP contribution in [0.1, 0.15) is 0 Å². The molecule has 0 fully saturated rings. The molecule has 0 aliphatic carbocycles. The van der Waals surface area contributed by atoms with Crippen molar-refractivity contribution in [3.63, 3.8) is 0 Å². The fourth-order valence-corrected chi connectivity index (χ4v) is 1.27. The van der Waals surface area contributed by atoms with E-state index in [1.54, 1.807) is 0 Å². The van der Waals surface area contributed by atoms with E-state index in [0.717, 1.165) is 11.8 Å². The van der Waals surface area contributed by atoms with Gasteiger partial charge < -0.3 is 5.11 Å². The van der Waals surface area contributed by atoms with Crippen LogP contribution in [0.15, 0.2) is 11.3 Å². The molecule has 1 aliphatic heterocycles. The summed E-state index contributed by atoms with van der Waals surface area (Å²) in [5.41, 5.74) is -0.0833. The molecule has 9 heavy (non-hydrogen) atoms. The van der Waals surface area contributed by atoms with Gasteiger partial charge in [0, 0.05) is 0 Å². The molecule has 0 unspecified atom stereocenters. The van der Waals surface area contributed by atoms with E-state index in [-0.39, 0.29) is 22.2 Å². The zero-order valence-corrected chi connectivity index (χ0v) is 5.27. The predicted molar refractivity (Wildman–Crippen MR) is 33.2 cm³/mol. The smallest absolute Gasteiger partial charge is 0.226 e. The Bertz CT molecular complexity index is 194. The Kier molecular flexibility index (Phi) is 1.57. The quantitative estimate of drug-likeness (QED) is 0.424. The molecule has 0 amide bonds. The van der Waals surface area contributed by atoms with Gasteiger partial charge in [-0.15, -0.1) is 0 Å². The van der Waals surface area contributed by atoms with Gasteiger partial charge in [-0.05, 0) is 0 Å². The Balaban J connectivity index is 2.94. The van der Waals surface area contributed by atoms with E-state index < -0.39 is 0 Å². The van der Waals surface area contributed by atoms with Crippen LogP contribution in [0.2, 0.25) is 0 Å². The minimum atomic E-state index is -0.331. The molecule has 3 nitrogen and oxygen atoms in total. The van der Waals surface area contributed by atoms with Crippen LogP contribution in [0.5, 0.6) is 0 Å². The van der Waals surface area contributed by atoms with Crippen molar-refractivity contribution >= 4 is 23.2 Å². The maximum Gasteiger partial charge on any atom is 0.226 e. The van der Waals surface area contributed by atoms with E-state index in [4.69, 9.17) is 5.11 Å². The molecule has 0 bridgehead atoms. The lowest BCUT2D eigenvalue weighted by atomic mass is 10.3. The number of carbonyl (C=O) groups excluding carboxylic acids is 2. The Morgan fingerprint density at radius 3 is 2.56 bits per heavy atom. The summed E-state index contributed by atoms with van der Waals surface area (Å²) in [7, 11) is 0. The van der Waals surface area contributed by atoms with Crippen LogP contribution in [0.3, 0.4) is 0 Å². The third-order valence-electron chi connectivity index (χ3n) is 0.989. The zero-order chi connectivity index (χ0) is 6.85. The van der Waals surface area contributed by atoms with E-state index >= 15 is 0 Å². The van der Waals surface area contributed by atoms with Crippen LogP contribution in [-0.2, 0) is 9.59 Å². The molecule has 0 radical (unpaired) electrons. The number of aliphatic hydroxyl groups is 1. The highest BCUT2D eigenvalue weighted by Gasteiger charge is 2.22. The van der Waals surface area contributed by atoms with E-state index in [2.05, 4.69) is 0 Å². The SMILES string of the molecule is O=CC1=C(O)CSC1=O. The topological polar surface area (TPSA) is 54.4 Å². The number of carbonyl (C=O) groups is 2. The van der Waals surface area contributed by atoms with Gasteiger partial charge in [-0.25, -0.2) is 0 Å². The first-order valence-corrected chi connectivity index (χ1v) is 3.28. The molecule has 1 aliphatic rings. The molecule has 0 aromatic heterocycles.